The number of benzene rings is 2. The largest absolute Gasteiger partial charge is 0.479 e. The highest BCUT2D eigenvalue weighted by molar-refractivity contribution is 6.35. The van der Waals surface area contributed by atoms with Crippen LogP contribution in [0.15, 0.2) is 36.4 Å². The highest BCUT2D eigenvalue weighted by atomic mass is 35.5. The summed E-state index contributed by atoms with van der Waals surface area (Å²) in [5, 5.41) is 12.4. The number of carbonyl (C=O) groups excluding carboxylic acids is 1. The van der Waals surface area contributed by atoms with E-state index in [1.807, 2.05) is 4.90 Å². The van der Waals surface area contributed by atoms with Gasteiger partial charge in [-0.3, -0.25) is 14.9 Å². The first-order chi connectivity index (χ1) is 13.8. The zero-order valence-corrected chi connectivity index (χ0v) is 17.7. The summed E-state index contributed by atoms with van der Waals surface area (Å²) in [5.41, 5.74) is 0.329. The monoisotopic (exact) mass is 457 g/mol. The minimum Gasteiger partial charge on any atom is -0.479 e. The first-order valence-corrected chi connectivity index (χ1v) is 9.99. The summed E-state index contributed by atoms with van der Waals surface area (Å²) in [4.78, 5) is 27.1. The summed E-state index contributed by atoms with van der Waals surface area (Å²) in [6.07, 6.45) is -0.741. The summed E-state index contributed by atoms with van der Waals surface area (Å²) in [5.74, 6) is 0.187. The van der Waals surface area contributed by atoms with E-state index in [2.05, 4.69) is 0 Å². The van der Waals surface area contributed by atoms with Crippen molar-refractivity contribution < 1.29 is 14.5 Å². The van der Waals surface area contributed by atoms with Gasteiger partial charge in [-0.15, -0.1) is 0 Å². The minimum absolute atomic E-state index is 0.0497. The van der Waals surface area contributed by atoms with Crippen molar-refractivity contribution in [2.24, 2.45) is 0 Å². The summed E-state index contributed by atoms with van der Waals surface area (Å²) in [6.45, 7) is 3.28. The van der Waals surface area contributed by atoms with Crippen molar-refractivity contribution in [2.75, 3.05) is 31.1 Å². The van der Waals surface area contributed by atoms with Gasteiger partial charge in [0.1, 0.15) is 11.4 Å². The van der Waals surface area contributed by atoms with Crippen LogP contribution in [0.4, 0.5) is 11.4 Å². The molecule has 1 fully saturated rings. The van der Waals surface area contributed by atoms with Crippen LogP contribution in [0.25, 0.3) is 0 Å². The summed E-state index contributed by atoms with van der Waals surface area (Å²) in [6, 6.07) is 9.38. The van der Waals surface area contributed by atoms with Gasteiger partial charge in [0.25, 0.3) is 11.6 Å². The number of nitro groups is 1. The number of hydrogen-bond acceptors (Lipinski definition) is 5. The summed E-state index contributed by atoms with van der Waals surface area (Å²) >= 11 is 18.2. The van der Waals surface area contributed by atoms with Gasteiger partial charge in [0.05, 0.1) is 15.0 Å². The Hall–Kier alpha value is -2.22. The zero-order valence-electron chi connectivity index (χ0n) is 15.5. The third-order valence-corrected chi connectivity index (χ3v) is 5.45. The van der Waals surface area contributed by atoms with Crippen molar-refractivity contribution in [3.05, 3.63) is 61.6 Å². The second-order valence-electron chi connectivity index (χ2n) is 6.51. The molecule has 0 saturated carbocycles. The number of carbonyl (C=O) groups is 1. The maximum absolute atomic E-state index is 12.7. The molecule has 0 aromatic heterocycles. The second kappa shape index (κ2) is 9.07. The number of amides is 1. The van der Waals surface area contributed by atoms with Crippen molar-refractivity contribution in [1.29, 1.82) is 0 Å². The van der Waals surface area contributed by atoms with Crippen LogP contribution in [-0.2, 0) is 4.79 Å². The average Bonchev–Trinajstić information content (AvgIpc) is 2.69. The highest BCUT2D eigenvalue weighted by Crippen LogP contribution is 2.36. The number of anilines is 1. The molecular weight excluding hydrogens is 441 g/mol. The Morgan fingerprint density at radius 3 is 2.41 bits per heavy atom. The van der Waals surface area contributed by atoms with Crippen LogP contribution in [0.3, 0.4) is 0 Å². The molecule has 3 rings (SSSR count). The fraction of sp³-hybridized carbons (Fsp3) is 0.316. The van der Waals surface area contributed by atoms with Crippen LogP contribution in [-0.4, -0.2) is 48.0 Å². The number of rotatable bonds is 5. The van der Waals surface area contributed by atoms with Crippen molar-refractivity contribution in [2.45, 2.75) is 13.0 Å². The molecule has 1 heterocycles. The molecule has 1 atom stereocenters. The van der Waals surface area contributed by atoms with E-state index in [0.717, 1.165) is 0 Å². The molecule has 0 spiro atoms. The lowest BCUT2D eigenvalue weighted by Gasteiger charge is -2.37. The van der Waals surface area contributed by atoms with E-state index < -0.39 is 11.0 Å². The number of para-hydroxylation sites is 1. The lowest BCUT2D eigenvalue weighted by Crippen LogP contribution is -2.52. The summed E-state index contributed by atoms with van der Waals surface area (Å²) < 4.78 is 5.69. The molecule has 1 amide bonds. The second-order valence-corrected chi connectivity index (χ2v) is 7.76. The lowest BCUT2D eigenvalue weighted by molar-refractivity contribution is -0.384. The first-order valence-electron chi connectivity index (χ1n) is 8.86. The predicted molar refractivity (Wildman–Crippen MR) is 113 cm³/mol. The molecule has 29 heavy (non-hydrogen) atoms. The number of halogens is 3. The number of piperazine rings is 1. The van der Waals surface area contributed by atoms with E-state index in [9.17, 15) is 14.9 Å². The molecule has 1 aliphatic heterocycles. The van der Waals surface area contributed by atoms with E-state index in [-0.39, 0.29) is 11.6 Å². The predicted octanol–water partition coefficient (Wildman–Crippen LogP) is 4.67. The first kappa shape index (κ1) is 21.5. The highest BCUT2D eigenvalue weighted by Gasteiger charge is 2.30. The number of nitrogens with zero attached hydrogens (tertiary/aromatic N) is 3. The van der Waals surface area contributed by atoms with Crippen molar-refractivity contribution in [3.63, 3.8) is 0 Å². The van der Waals surface area contributed by atoms with Gasteiger partial charge in [0, 0.05) is 37.3 Å². The van der Waals surface area contributed by atoms with Gasteiger partial charge < -0.3 is 14.5 Å². The normalized spacial score (nSPS) is 15.2. The Balaban J connectivity index is 1.65. The molecular formula is C19H18Cl3N3O4. The molecule has 0 bridgehead atoms. The van der Waals surface area contributed by atoms with E-state index in [1.165, 1.54) is 6.07 Å². The molecule has 0 N–H and O–H groups in total. The Bertz CT molecular complexity index is 933. The summed E-state index contributed by atoms with van der Waals surface area (Å²) in [7, 11) is 0. The Morgan fingerprint density at radius 1 is 1.10 bits per heavy atom. The fourth-order valence-electron chi connectivity index (χ4n) is 3.18. The SMILES string of the molecule is C[C@H](Oc1ccc(Cl)cc1Cl)C(=O)N1CCN(c2c(Cl)cccc2[N+](=O)[O-])CC1. The van der Waals surface area contributed by atoms with Gasteiger partial charge in [-0.1, -0.05) is 40.9 Å². The molecule has 0 unspecified atom stereocenters. The van der Waals surface area contributed by atoms with E-state index in [4.69, 9.17) is 39.5 Å². The zero-order chi connectivity index (χ0) is 21.1. The van der Waals surface area contributed by atoms with Crippen LogP contribution in [0, 0.1) is 10.1 Å². The molecule has 0 aliphatic carbocycles. The van der Waals surface area contributed by atoms with Crippen molar-refractivity contribution >= 4 is 52.1 Å². The van der Waals surface area contributed by atoms with Gasteiger partial charge in [-0.2, -0.15) is 0 Å². The minimum atomic E-state index is -0.741. The smallest absolute Gasteiger partial charge is 0.294 e. The lowest BCUT2D eigenvalue weighted by atomic mass is 10.2. The maximum atomic E-state index is 12.7. The van der Waals surface area contributed by atoms with Crippen LogP contribution in [0.5, 0.6) is 5.75 Å². The van der Waals surface area contributed by atoms with Crippen LogP contribution in [0.2, 0.25) is 15.1 Å². The third-order valence-electron chi connectivity index (χ3n) is 4.62. The molecule has 1 saturated heterocycles. The molecule has 10 heteroatoms. The van der Waals surface area contributed by atoms with Crippen LogP contribution >= 0.6 is 34.8 Å². The van der Waals surface area contributed by atoms with E-state index in [1.54, 1.807) is 42.2 Å². The van der Waals surface area contributed by atoms with Crippen molar-refractivity contribution in [3.8, 4) is 5.75 Å². The Morgan fingerprint density at radius 2 is 1.79 bits per heavy atom. The number of ether oxygens (including phenoxy) is 1. The molecule has 0 radical (unpaired) electrons. The van der Waals surface area contributed by atoms with Gasteiger partial charge in [-0.05, 0) is 31.2 Å². The quantitative estimate of drug-likeness (QED) is 0.481. The molecule has 2 aromatic rings. The van der Waals surface area contributed by atoms with Crippen LogP contribution < -0.4 is 9.64 Å². The topological polar surface area (TPSA) is 75.9 Å². The van der Waals surface area contributed by atoms with Gasteiger partial charge in [0.15, 0.2) is 6.10 Å². The number of nitro benzene ring substituents is 1. The molecule has 7 nitrogen and oxygen atoms in total. The number of hydrogen-bond donors (Lipinski definition) is 0. The maximum Gasteiger partial charge on any atom is 0.294 e. The van der Waals surface area contributed by atoms with Gasteiger partial charge in [0.2, 0.25) is 0 Å². The molecule has 154 valence electrons. The molecule has 2 aromatic carbocycles. The third kappa shape index (κ3) is 4.86. The standard InChI is InChI=1S/C19H18Cl3N3O4/c1-12(29-17-6-5-13(20)11-15(17)22)19(26)24-9-7-23(8-10-24)18-14(21)3-2-4-16(18)25(27)28/h2-6,11-12H,7-10H2,1H3/t12-/m0/s1. The van der Waals surface area contributed by atoms with Gasteiger partial charge in [-0.25, -0.2) is 0 Å². The average molecular weight is 459 g/mol. The Kier molecular flexibility index (Phi) is 6.72. The molecule has 1 aliphatic rings. The van der Waals surface area contributed by atoms with Crippen LogP contribution in [0.1, 0.15) is 6.92 Å². The Labute approximate surface area is 182 Å². The van der Waals surface area contributed by atoms with E-state index >= 15 is 0 Å². The van der Waals surface area contributed by atoms with E-state index in [0.29, 0.717) is 52.7 Å². The van der Waals surface area contributed by atoms with Crippen molar-refractivity contribution in [1.82, 2.24) is 4.90 Å². The van der Waals surface area contributed by atoms with Gasteiger partial charge >= 0.3 is 0 Å². The fourth-order valence-corrected chi connectivity index (χ4v) is 3.93.